The SMILES string of the molecule is CN(C(=O)C(N)CC(N)=O)c1ccc(F)cc1.Cl. The minimum absolute atomic E-state index is 0. The van der Waals surface area contributed by atoms with Crippen LogP contribution in [0.2, 0.25) is 0 Å². The smallest absolute Gasteiger partial charge is 0.244 e. The van der Waals surface area contributed by atoms with Gasteiger partial charge in [-0.15, -0.1) is 12.4 Å². The Balaban J connectivity index is 0.00000289. The van der Waals surface area contributed by atoms with E-state index in [0.29, 0.717) is 5.69 Å². The van der Waals surface area contributed by atoms with Gasteiger partial charge in [-0.2, -0.15) is 0 Å². The molecule has 5 nitrogen and oxygen atoms in total. The molecule has 18 heavy (non-hydrogen) atoms. The minimum Gasteiger partial charge on any atom is -0.370 e. The fraction of sp³-hybridized carbons (Fsp3) is 0.273. The molecule has 0 radical (unpaired) electrons. The van der Waals surface area contributed by atoms with Crippen molar-refractivity contribution in [3.05, 3.63) is 30.1 Å². The van der Waals surface area contributed by atoms with Crippen molar-refractivity contribution < 1.29 is 14.0 Å². The first-order valence-corrected chi connectivity index (χ1v) is 4.99. The molecule has 1 aromatic rings. The average Bonchev–Trinajstić information content (AvgIpc) is 2.27. The quantitative estimate of drug-likeness (QED) is 0.834. The molecule has 0 aromatic heterocycles. The third kappa shape index (κ3) is 4.31. The van der Waals surface area contributed by atoms with E-state index in [1.54, 1.807) is 0 Å². The van der Waals surface area contributed by atoms with E-state index in [0.717, 1.165) is 0 Å². The number of likely N-dealkylation sites (N-methyl/N-ethyl adjacent to an activating group) is 1. The van der Waals surface area contributed by atoms with Crippen LogP contribution in [0.15, 0.2) is 24.3 Å². The van der Waals surface area contributed by atoms with Crippen LogP contribution in [0.1, 0.15) is 6.42 Å². The van der Waals surface area contributed by atoms with Gasteiger partial charge in [-0.3, -0.25) is 9.59 Å². The fourth-order valence-electron chi connectivity index (χ4n) is 1.34. The molecular formula is C11H15ClFN3O2. The summed E-state index contributed by atoms with van der Waals surface area (Å²) in [4.78, 5) is 23.7. The molecule has 0 heterocycles. The van der Waals surface area contributed by atoms with Crippen LogP contribution in [-0.2, 0) is 9.59 Å². The maximum atomic E-state index is 12.7. The fourth-order valence-corrected chi connectivity index (χ4v) is 1.34. The normalized spacial score (nSPS) is 11.3. The molecule has 4 N–H and O–H groups in total. The van der Waals surface area contributed by atoms with Gasteiger partial charge in [0.2, 0.25) is 11.8 Å². The number of hydrogen-bond acceptors (Lipinski definition) is 3. The Kier molecular flexibility index (Phi) is 6.29. The van der Waals surface area contributed by atoms with E-state index < -0.39 is 23.7 Å². The van der Waals surface area contributed by atoms with Crippen molar-refractivity contribution in [2.45, 2.75) is 12.5 Å². The van der Waals surface area contributed by atoms with Gasteiger partial charge in [0.15, 0.2) is 0 Å². The molecule has 2 amide bonds. The van der Waals surface area contributed by atoms with Crippen molar-refractivity contribution in [3.8, 4) is 0 Å². The lowest BCUT2D eigenvalue weighted by atomic mass is 10.1. The zero-order chi connectivity index (χ0) is 13.0. The number of carbonyl (C=O) groups excluding carboxylic acids is 2. The molecule has 1 aromatic carbocycles. The zero-order valence-electron chi connectivity index (χ0n) is 9.80. The number of primary amides is 1. The number of halogens is 2. The van der Waals surface area contributed by atoms with E-state index in [9.17, 15) is 14.0 Å². The van der Waals surface area contributed by atoms with Crippen LogP contribution in [0.25, 0.3) is 0 Å². The van der Waals surface area contributed by atoms with Crippen molar-refractivity contribution in [2.24, 2.45) is 11.5 Å². The second-order valence-corrected chi connectivity index (χ2v) is 3.65. The lowest BCUT2D eigenvalue weighted by Gasteiger charge is -2.20. The van der Waals surface area contributed by atoms with Gasteiger partial charge in [0.25, 0.3) is 0 Å². The van der Waals surface area contributed by atoms with Crippen molar-refractivity contribution in [1.82, 2.24) is 0 Å². The summed E-state index contributed by atoms with van der Waals surface area (Å²) >= 11 is 0. The first-order valence-electron chi connectivity index (χ1n) is 4.99. The first kappa shape index (κ1) is 16.3. The molecule has 0 spiro atoms. The lowest BCUT2D eigenvalue weighted by Crippen LogP contribution is -2.44. The number of amides is 2. The van der Waals surface area contributed by atoms with Gasteiger partial charge in [-0.05, 0) is 24.3 Å². The van der Waals surface area contributed by atoms with E-state index in [1.807, 2.05) is 0 Å². The van der Waals surface area contributed by atoms with Gasteiger partial charge in [-0.25, -0.2) is 4.39 Å². The van der Waals surface area contributed by atoms with Crippen LogP contribution in [0.3, 0.4) is 0 Å². The summed E-state index contributed by atoms with van der Waals surface area (Å²) in [5, 5.41) is 0. The van der Waals surface area contributed by atoms with Gasteiger partial charge in [-0.1, -0.05) is 0 Å². The second-order valence-electron chi connectivity index (χ2n) is 3.65. The Labute approximate surface area is 110 Å². The van der Waals surface area contributed by atoms with Crippen LogP contribution in [-0.4, -0.2) is 24.9 Å². The Bertz CT molecular complexity index is 425. The molecule has 0 aliphatic carbocycles. The van der Waals surface area contributed by atoms with Crippen molar-refractivity contribution in [3.63, 3.8) is 0 Å². The molecule has 1 unspecified atom stereocenters. The number of carbonyl (C=O) groups is 2. The molecule has 0 aliphatic rings. The Morgan fingerprint density at radius 3 is 2.28 bits per heavy atom. The molecule has 0 bridgehead atoms. The highest BCUT2D eigenvalue weighted by Gasteiger charge is 2.20. The highest BCUT2D eigenvalue weighted by molar-refractivity contribution is 5.98. The predicted molar refractivity (Wildman–Crippen MR) is 68.8 cm³/mol. The van der Waals surface area contributed by atoms with E-state index in [-0.39, 0.29) is 18.8 Å². The van der Waals surface area contributed by atoms with Crippen LogP contribution in [0.4, 0.5) is 10.1 Å². The minimum atomic E-state index is -0.984. The first-order chi connectivity index (χ1) is 7.91. The molecule has 0 saturated heterocycles. The molecule has 100 valence electrons. The summed E-state index contributed by atoms with van der Waals surface area (Å²) in [7, 11) is 1.50. The second kappa shape index (κ2) is 6.93. The van der Waals surface area contributed by atoms with Gasteiger partial charge in [0, 0.05) is 12.7 Å². The summed E-state index contributed by atoms with van der Waals surface area (Å²) in [6.07, 6.45) is -0.218. The highest BCUT2D eigenvalue weighted by Crippen LogP contribution is 2.14. The maximum Gasteiger partial charge on any atom is 0.244 e. The molecule has 0 saturated carbocycles. The average molecular weight is 276 g/mol. The van der Waals surface area contributed by atoms with E-state index in [1.165, 1.54) is 36.2 Å². The van der Waals surface area contributed by atoms with Crippen LogP contribution in [0.5, 0.6) is 0 Å². The highest BCUT2D eigenvalue weighted by atomic mass is 35.5. The topological polar surface area (TPSA) is 89.4 Å². The summed E-state index contributed by atoms with van der Waals surface area (Å²) in [6, 6.07) is 4.38. The Morgan fingerprint density at radius 2 is 1.83 bits per heavy atom. The van der Waals surface area contributed by atoms with Gasteiger partial charge >= 0.3 is 0 Å². The van der Waals surface area contributed by atoms with Gasteiger partial charge < -0.3 is 16.4 Å². The third-order valence-electron chi connectivity index (χ3n) is 2.28. The van der Waals surface area contributed by atoms with E-state index >= 15 is 0 Å². The molecule has 1 atom stereocenters. The molecule has 0 aliphatic heterocycles. The lowest BCUT2D eigenvalue weighted by molar-refractivity contribution is -0.124. The monoisotopic (exact) mass is 275 g/mol. The summed E-state index contributed by atoms with van der Waals surface area (Å²) in [6.45, 7) is 0. The van der Waals surface area contributed by atoms with Crippen LogP contribution >= 0.6 is 12.4 Å². The van der Waals surface area contributed by atoms with Gasteiger partial charge in [0.1, 0.15) is 5.82 Å². The maximum absolute atomic E-state index is 12.7. The summed E-state index contributed by atoms with van der Waals surface area (Å²) in [5.41, 5.74) is 11.0. The summed E-state index contributed by atoms with van der Waals surface area (Å²) < 4.78 is 12.7. The van der Waals surface area contributed by atoms with Crippen molar-refractivity contribution >= 4 is 29.9 Å². The molecular weight excluding hydrogens is 261 g/mol. The molecule has 7 heteroatoms. The largest absolute Gasteiger partial charge is 0.370 e. The Hall–Kier alpha value is -1.66. The van der Waals surface area contributed by atoms with E-state index in [2.05, 4.69) is 0 Å². The zero-order valence-corrected chi connectivity index (χ0v) is 10.6. The van der Waals surface area contributed by atoms with Crippen molar-refractivity contribution in [2.75, 3.05) is 11.9 Å². The molecule has 1 rings (SSSR count). The number of hydrogen-bond donors (Lipinski definition) is 2. The number of benzene rings is 1. The van der Waals surface area contributed by atoms with Crippen LogP contribution < -0.4 is 16.4 Å². The predicted octanol–water partition coefficient (Wildman–Crippen LogP) is 0.413. The number of nitrogens with zero attached hydrogens (tertiary/aromatic N) is 1. The van der Waals surface area contributed by atoms with E-state index in [4.69, 9.17) is 11.5 Å². The molecule has 0 fully saturated rings. The van der Waals surface area contributed by atoms with Gasteiger partial charge in [0.05, 0.1) is 12.5 Å². The van der Waals surface area contributed by atoms with Crippen molar-refractivity contribution in [1.29, 1.82) is 0 Å². The Morgan fingerprint density at radius 1 is 1.33 bits per heavy atom. The number of rotatable bonds is 4. The number of anilines is 1. The number of nitrogens with two attached hydrogens (primary N) is 2. The van der Waals surface area contributed by atoms with Crippen LogP contribution in [0, 0.1) is 5.82 Å². The standard InChI is InChI=1S/C11H14FN3O2.ClH/c1-15(8-4-2-7(12)3-5-8)11(17)9(13)6-10(14)16;/h2-5,9H,6,13H2,1H3,(H2,14,16);1H. The summed E-state index contributed by atoms with van der Waals surface area (Å²) in [5.74, 6) is -1.48. The third-order valence-corrected chi connectivity index (χ3v) is 2.28.